The number of rotatable bonds is 6. The zero-order valence-electron chi connectivity index (χ0n) is 9.69. The van der Waals surface area contributed by atoms with Crippen LogP contribution in [0.1, 0.15) is 25.3 Å². The molecule has 0 spiro atoms. The predicted octanol–water partition coefficient (Wildman–Crippen LogP) is 3.03. The highest BCUT2D eigenvalue weighted by Gasteiger charge is 2.02. The van der Waals surface area contributed by atoms with E-state index in [1.54, 1.807) is 30.3 Å². The Kier molecular flexibility index (Phi) is 5.68. The van der Waals surface area contributed by atoms with Crippen LogP contribution in [0.25, 0.3) is 6.08 Å². The van der Waals surface area contributed by atoms with Gasteiger partial charge in [0.05, 0.1) is 0 Å². The molecule has 0 atom stereocenters. The zero-order chi connectivity index (χ0) is 12.7. The van der Waals surface area contributed by atoms with Gasteiger partial charge in [-0.05, 0) is 30.2 Å². The van der Waals surface area contributed by atoms with Crippen molar-refractivity contribution in [2.24, 2.45) is 0 Å². The quantitative estimate of drug-likeness (QED) is 0.810. The fraction of sp³-hybridized carbons (Fsp3) is 0.333. The molecule has 94 valence electrons. The van der Waals surface area contributed by atoms with Gasteiger partial charge >= 0.3 is 0 Å². The van der Waals surface area contributed by atoms with E-state index in [4.69, 9.17) is 11.6 Å². The molecule has 0 saturated heterocycles. The van der Waals surface area contributed by atoms with Crippen LogP contribution in [0.3, 0.4) is 0 Å². The fourth-order valence-corrected chi connectivity index (χ4v) is 2.17. The largest absolute Gasteiger partial charge is 0.233 e. The highest BCUT2D eigenvalue weighted by Crippen LogP contribution is 2.11. The molecule has 3 nitrogen and oxygen atoms in total. The van der Waals surface area contributed by atoms with Crippen LogP contribution in [-0.2, 0) is 10.0 Å². The number of hydrogen-bond donors (Lipinski definition) is 1. The summed E-state index contributed by atoms with van der Waals surface area (Å²) in [4.78, 5) is 0. The standard InChI is InChI=1S/C12H16ClNO2S/c1-2-3-9-14-17(15,16)10-8-11-4-6-12(13)7-5-11/h4-8,10,14H,2-3,9H2,1H3. The first-order valence-corrected chi connectivity index (χ1v) is 7.39. The van der Waals surface area contributed by atoms with E-state index in [9.17, 15) is 8.42 Å². The van der Waals surface area contributed by atoms with Crippen LogP contribution in [-0.4, -0.2) is 15.0 Å². The Hall–Kier alpha value is -0.840. The maximum atomic E-state index is 11.5. The normalized spacial score (nSPS) is 12.1. The second kappa shape index (κ2) is 6.79. The molecule has 1 aromatic rings. The van der Waals surface area contributed by atoms with Gasteiger partial charge in [-0.2, -0.15) is 0 Å². The van der Waals surface area contributed by atoms with Crippen LogP contribution in [0.2, 0.25) is 5.02 Å². The van der Waals surface area contributed by atoms with Gasteiger partial charge in [0, 0.05) is 17.0 Å². The molecule has 0 aliphatic rings. The minimum atomic E-state index is -3.33. The molecule has 0 aliphatic heterocycles. The molecule has 0 saturated carbocycles. The molecule has 0 amide bonds. The Balaban J connectivity index is 2.60. The molecule has 1 N–H and O–H groups in total. The topological polar surface area (TPSA) is 46.2 Å². The van der Waals surface area contributed by atoms with Crippen molar-refractivity contribution in [2.75, 3.05) is 6.54 Å². The molecular weight excluding hydrogens is 258 g/mol. The summed E-state index contributed by atoms with van der Waals surface area (Å²) in [6, 6.07) is 6.97. The smallest absolute Gasteiger partial charge is 0.212 e. The van der Waals surface area contributed by atoms with Crippen LogP contribution < -0.4 is 4.72 Å². The van der Waals surface area contributed by atoms with Gasteiger partial charge in [-0.25, -0.2) is 13.1 Å². The van der Waals surface area contributed by atoms with Crippen LogP contribution in [0, 0.1) is 0 Å². The summed E-state index contributed by atoms with van der Waals surface area (Å²) >= 11 is 5.73. The van der Waals surface area contributed by atoms with Gasteiger partial charge in [-0.3, -0.25) is 0 Å². The van der Waals surface area contributed by atoms with Crippen molar-refractivity contribution in [3.63, 3.8) is 0 Å². The molecule has 0 fully saturated rings. The SMILES string of the molecule is CCCCNS(=O)(=O)C=Cc1ccc(Cl)cc1. The minimum Gasteiger partial charge on any atom is -0.212 e. The van der Waals surface area contributed by atoms with Gasteiger partial charge in [0.1, 0.15) is 0 Å². The molecule has 0 aliphatic carbocycles. The Bertz CT molecular complexity index is 466. The zero-order valence-corrected chi connectivity index (χ0v) is 11.3. The molecule has 0 unspecified atom stereocenters. The second-order valence-electron chi connectivity index (χ2n) is 3.65. The first-order valence-electron chi connectivity index (χ1n) is 5.47. The van der Waals surface area contributed by atoms with E-state index in [1.807, 2.05) is 6.92 Å². The molecule has 0 heterocycles. The average molecular weight is 274 g/mol. The van der Waals surface area contributed by atoms with Crippen molar-refractivity contribution in [2.45, 2.75) is 19.8 Å². The third-order valence-electron chi connectivity index (χ3n) is 2.14. The van der Waals surface area contributed by atoms with Crippen LogP contribution in [0.5, 0.6) is 0 Å². The first-order chi connectivity index (χ1) is 8.03. The van der Waals surface area contributed by atoms with Gasteiger partial charge in [0.25, 0.3) is 0 Å². The van der Waals surface area contributed by atoms with Crippen LogP contribution in [0.4, 0.5) is 0 Å². The lowest BCUT2D eigenvalue weighted by Gasteiger charge is -2.00. The highest BCUT2D eigenvalue weighted by molar-refractivity contribution is 7.92. The molecule has 5 heteroatoms. The van der Waals surface area contributed by atoms with E-state index in [-0.39, 0.29) is 0 Å². The van der Waals surface area contributed by atoms with Crippen molar-refractivity contribution < 1.29 is 8.42 Å². The summed E-state index contributed by atoms with van der Waals surface area (Å²) in [5.41, 5.74) is 0.801. The summed E-state index contributed by atoms with van der Waals surface area (Å²) in [7, 11) is -3.33. The number of nitrogens with one attached hydrogen (secondary N) is 1. The molecule has 0 bridgehead atoms. The summed E-state index contributed by atoms with van der Waals surface area (Å²) in [6.45, 7) is 2.49. The summed E-state index contributed by atoms with van der Waals surface area (Å²) in [5.74, 6) is 0. The molecule has 0 aromatic heterocycles. The average Bonchev–Trinajstić information content (AvgIpc) is 2.29. The summed E-state index contributed by atoms with van der Waals surface area (Å²) in [5, 5.41) is 1.80. The van der Waals surface area contributed by atoms with Crippen molar-refractivity contribution >= 4 is 27.7 Å². The maximum absolute atomic E-state index is 11.5. The van der Waals surface area contributed by atoms with Crippen molar-refractivity contribution in [1.29, 1.82) is 0 Å². The molecule has 1 aromatic carbocycles. The van der Waals surface area contributed by atoms with Crippen LogP contribution >= 0.6 is 11.6 Å². The highest BCUT2D eigenvalue weighted by atomic mass is 35.5. The number of sulfonamides is 1. The number of halogens is 1. The number of hydrogen-bond acceptors (Lipinski definition) is 2. The van der Waals surface area contributed by atoms with Gasteiger partial charge in [0.2, 0.25) is 10.0 Å². The molecular formula is C12H16ClNO2S. The monoisotopic (exact) mass is 273 g/mol. The van der Waals surface area contributed by atoms with Crippen molar-refractivity contribution in [1.82, 2.24) is 4.72 Å². The maximum Gasteiger partial charge on any atom is 0.233 e. The Morgan fingerprint density at radius 1 is 1.29 bits per heavy atom. The molecule has 1 rings (SSSR count). The summed E-state index contributed by atoms with van der Waals surface area (Å²) < 4.78 is 25.5. The van der Waals surface area contributed by atoms with Crippen molar-refractivity contribution in [3.8, 4) is 0 Å². The molecule has 17 heavy (non-hydrogen) atoms. The fourth-order valence-electron chi connectivity index (χ4n) is 1.18. The third-order valence-corrected chi connectivity index (χ3v) is 3.50. The lowest BCUT2D eigenvalue weighted by Crippen LogP contribution is -2.22. The van der Waals surface area contributed by atoms with E-state index in [1.165, 1.54) is 5.41 Å². The van der Waals surface area contributed by atoms with Gasteiger partial charge < -0.3 is 0 Å². The lowest BCUT2D eigenvalue weighted by molar-refractivity contribution is 0.587. The Morgan fingerprint density at radius 2 is 1.94 bits per heavy atom. The minimum absolute atomic E-state index is 0.476. The van der Waals surface area contributed by atoms with Gasteiger partial charge in [-0.15, -0.1) is 0 Å². The van der Waals surface area contributed by atoms with E-state index in [0.717, 1.165) is 18.4 Å². The van der Waals surface area contributed by atoms with Crippen LogP contribution in [0.15, 0.2) is 29.7 Å². The third kappa shape index (κ3) is 5.86. The number of unbranched alkanes of at least 4 members (excludes halogenated alkanes) is 1. The number of benzene rings is 1. The lowest BCUT2D eigenvalue weighted by atomic mass is 10.2. The molecule has 0 radical (unpaired) electrons. The van der Waals surface area contributed by atoms with Crippen molar-refractivity contribution in [3.05, 3.63) is 40.3 Å². The predicted molar refractivity (Wildman–Crippen MR) is 72.3 cm³/mol. The first kappa shape index (κ1) is 14.2. The Morgan fingerprint density at radius 3 is 2.53 bits per heavy atom. The van der Waals surface area contributed by atoms with E-state index in [0.29, 0.717) is 11.6 Å². The Labute approximate surface area is 108 Å². The van der Waals surface area contributed by atoms with E-state index >= 15 is 0 Å². The van der Waals surface area contributed by atoms with E-state index in [2.05, 4.69) is 4.72 Å². The van der Waals surface area contributed by atoms with Gasteiger partial charge in [-0.1, -0.05) is 37.1 Å². The summed E-state index contributed by atoms with van der Waals surface area (Å²) in [6.07, 6.45) is 3.35. The second-order valence-corrected chi connectivity index (χ2v) is 5.73. The van der Waals surface area contributed by atoms with E-state index < -0.39 is 10.0 Å². The van der Waals surface area contributed by atoms with Gasteiger partial charge in [0.15, 0.2) is 0 Å².